The third-order valence-electron chi connectivity index (χ3n) is 5.13. The number of aryl methyl sites for hydroxylation is 1. The van der Waals surface area contributed by atoms with Crippen LogP contribution in [-0.4, -0.2) is 34.9 Å². The first kappa shape index (κ1) is 27.6. The molecule has 2 amide bonds. The van der Waals surface area contributed by atoms with Crippen LogP contribution in [0.3, 0.4) is 0 Å². The van der Waals surface area contributed by atoms with E-state index in [1.165, 1.54) is 0 Å². The van der Waals surface area contributed by atoms with Crippen LogP contribution in [-0.2, 0) is 15.7 Å². The van der Waals surface area contributed by atoms with Gasteiger partial charge < -0.3 is 15.2 Å². The lowest BCUT2D eigenvalue weighted by Crippen LogP contribution is -2.21. The first-order valence-corrected chi connectivity index (χ1v) is 11.9. The highest BCUT2D eigenvalue weighted by Crippen LogP contribution is 2.30. The number of hydrogen-bond donors (Lipinski definition) is 3. The van der Waals surface area contributed by atoms with E-state index in [0.29, 0.717) is 16.1 Å². The van der Waals surface area contributed by atoms with Crippen LogP contribution in [0.1, 0.15) is 27.9 Å². The van der Waals surface area contributed by atoms with Gasteiger partial charge in [0.05, 0.1) is 12.2 Å². The molecule has 7 nitrogen and oxygen atoms in total. The Bertz CT molecular complexity index is 1250. The number of benzene rings is 3. The van der Waals surface area contributed by atoms with Crippen LogP contribution in [0.25, 0.3) is 0 Å². The molecule has 11 heteroatoms. The van der Waals surface area contributed by atoms with Gasteiger partial charge in [-0.05, 0) is 67.1 Å². The number of carbonyl (C=O) groups excluding carboxylic acids is 2. The molecule has 0 saturated heterocycles. The number of ether oxygens (including phenoxy) is 1. The molecule has 0 aliphatic carbocycles. The van der Waals surface area contributed by atoms with Crippen molar-refractivity contribution in [3.8, 4) is 0 Å². The summed E-state index contributed by atoms with van der Waals surface area (Å²) in [5.74, 6) is -1.36. The monoisotopic (exact) mass is 532 g/mol. The van der Waals surface area contributed by atoms with Gasteiger partial charge in [0.25, 0.3) is 5.91 Å². The number of aliphatic carboxylic acids is 1. The van der Waals surface area contributed by atoms with Gasteiger partial charge in [0.15, 0.2) is 0 Å². The van der Waals surface area contributed by atoms with Crippen molar-refractivity contribution in [3.63, 3.8) is 0 Å². The number of alkyl halides is 3. The van der Waals surface area contributed by atoms with Crippen LogP contribution in [0, 0.1) is 6.92 Å². The van der Waals surface area contributed by atoms with Crippen molar-refractivity contribution in [2.24, 2.45) is 0 Å². The smallest absolute Gasteiger partial charge is 0.416 e. The van der Waals surface area contributed by atoms with Gasteiger partial charge >= 0.3 is 18.2 Å². The van der Waals surface area contributed by atoms with Crippen molar-refractivity contribution in [1.29, 1.82) is 0 Å². The van der Waals surface area contributed by atoms with Gasteiger partial charge in [-0.2, -0.15) is 13.2 Å². The lowest BCUT2D eigenvalue weighted by Gasteiger charge is -2.14. The minimum absolute atomic E-state index is 0.00774. The minimum Gasteiger partial charge on any atom is -0.480 e. The van der Waals surface area contributed by atoms with Crippen LogP contribution >= 0.6 is 11.8 Å². The highest BCUT2D eigenvalue weighted by molar-refractivity contribution is 8.00. The largest absolute Gasteiger partial charge is 0.480 e. The van der Waals surface area contributed by atoms with Crippen molar-refractivity contribution >= 4 is 41.1 Å². The Labute approximate surface area is 215 Å². The Morgan fingerprint density at radius 3 is 2.11 bits per heavy atom. The van der Waals surface area contributed by atoms with E-state index in [1.807, 2.05) is 19.1 Å². The molecule has 0 bridgehead atoms. The van der Waals surface area contributed by atoms with Crippen molar-refractivity contribution in [3.05, 3.63) is 89.5 Å². The quantitative estimate of drug-likeness (QED) is 0.274. The van der Waals surface area contributed by atoms with Gasteiger partial charge in [-0.25, -0.2) is 4.79 Å². The van der Waals surface area contributed by atoms with Crippen LogP contribution in [0.2, 0.25) is 0 Å². The number of carbonyl (C=O) groups is 3. The molecule has 0 aliphatic rings. The average molecular weight is 533 g/mol. The average Bonchev–Trinajstić information content (AvgIpc) is 2.84. The number of carboxylic acids is 1. The molecule has 0 radical (unpaired) electrons. The maximum atomic E-state index is 12.6. The molecule has 0 fully saturated rings. The number of anilines is 2. The molecule has 0 aliphatic heterocycles. The zero-order valence-electron chi connectivity index (χ0n) is 19.5. The van der Waals surface area contributed by atoms with E-state index in [0.717, 1.165) is 41.6 Å². The van der Waals surface area contributed by atoms with Crippen molar-refractivity contribution in [1.82, 2.24) is 0 Å². The highest BCUT2D eigenvalue weighted by atomic mass is 32.2. The molecule has 3 rings (SSSR count). The van der Waals surface area contributed by atoms with Crippen LogP contribution < -0.4 is 10.6 Å². The molecule has 1 unspecified atom stereocenters. The molecular formula is C26H23F3N2O5S. The first-order valence-electron chi connectivity index (χ1n) is 11.0. The molecule has 0 aromatic heterocycles. The Morgan fingerprint density at radius 1 is 0.919 bits per heavy atom. The fraction of sp³-hybridized carbons (Fsp3) is 0.192. The molecule has 37 heavy (non-hydrogen) atoms. The van der Waals surface area contributed by atoms with Crippen molar-refractivity contribution in [2.45, 2.75) is 29.7 Å². The van der Waals surface area contributed by atoms with Crippen LogP contribution in [0.15, 0.2) is 77.7 Å². The first-order chi connectivity index (χ1) is 17.5. The van der Waals surface area contributed by atoms with Gasteiger partial charge in [0.1, 0.15) is 5.25 Å². The molecule has 1 atom stereocenters. The van der Waals surface area contributed by atoms with Crippen molar-refractivity contribution < 1.29 is 37.4 Å². The summed E-state index contributed by atoms with van der Waals surface area (Å²) < 4.78 is 42.8. The zero-order chi connectivity index (χ0) is 27.0. The third kappa shape index (κ3) is 8.28. The fourth-order valence-electron chi connectivity index (χ4n) is 3.20. The number of rotatable bonds is 9. The summed E-state index contributed by atoms with van der Waals surface area (Å²) in [5.41, 5.74) is 1.19. The maximum Gasteiger partial charge on any atom is 0.416 e. The van der Waals surface area contributed by atoms with E-state index >= 15 is 0 Å². The van der Waals surface area contributed by atoms with E-state index in [9.17, 15) is 32.7 Å². The Kier molecular flexibility index (Phi) is 9.18. The second-order valence-electron chi connectivity index (χ2n) is 7.86. The summed E-state index contributed by atoms with van der Waals surface area (Å²) in [6.45, 7) is 1.61. The minimum atomic E-state index is -4.49. The lowest BCUT2D eigenvalue weighted by atomic mass is 10.1. The molecule has 3 aromatic rings. The predicted octanol–water partition coefficient (Wildman–Crippen LogP) is 6.45. The van der Waals surface area contributed by atoms with Crippen LogP contribution in [0.5, 0.6) is 0 Å². The number of hydrogen-bond acceptors (Lipinski definition) is 5. The third-order valence-corrected chi connectivity index (χ3v) is 6.39. The molecule has 0 spiro atoms. The van der Waals surface area contributed by atoms with E-state index < -0.39 is 29.1 Å². The van der Waals surface area contributed by atoms with E-state index in [-0.39, 0.29) is 24.6 Å². The van der Waals surface area contributed by atoms with Crippen molar-refractivity contribution in [2.75, 3.05) is 17.2 Å². The molecule has 3 aromatic carbocycles. The summed E-state index contributed by atoms with van der Waals surface area (Å²) in [6.07, 6.45) is -5.41. The number of thioether (sulfide) groups is 1. The number of carboxylic acid groups (broad SMARTS) is 1. The zero-order valence-corrected chi connectivity index (χ0v) is 20.4. The van der Waals surface area contributed by atoms with Gasteiger partial charge in [-0.15, -0.1) is 11.8 Å². The molecule has 3 N–H and O–H groups in total. The number of amides is 2. The van der Waals surface area contributed by atoms with E-state index in [2.05, 4.69) is 10.6 Å². The maximum absolute atomic E-state index is 12.6. The second-order valence-corrected chi connectivity index (χ2v) is 9.14. The van der Waals surface area contributed by atoms with E-state index in [4.69, 9.17) is 4.74 Å². The number of halogens is 3. The number of nitrogens with one attached hydrogen (secondary N) is 2. The molecular weight excluding hydrogens is 509 g/mol. The summed E-state index contributed by atoms with van der Waals surface area (Å²) >= 11 is 1.05. The molecule has 194 valence electrons. The summed E-state index contributed by atoms with van der Waals surface area (Å²) in [7, 11) is 0. The standard InChI is InChI=1S/C26H23F3N2O5S/c1-16-4-2-3-5-21(16)23(32)30-18-10-12-20(13-11-18)37-22(24(33)34)14-15-36-25(35)31-19-8-6-17(7-9-19)26(27,28)29/h2-13,22H,14-15H2,1H3,(H,30,32)(H,31,35)(H,33,34). The Hall–Kier alpha value is -3.99. The topological polar surface area (TPSA) is 105 Å². The van der Waals surface area contributed by atoms with Gasteiger partial charge in [0, 0.05) is 28.3 Å². The van der Waals surface area contributed by atoms with Crippen LogP contribution in [0.4, 0.5) is 29.3 Å². The second kappa shape index (κ2) is 12.3. The normalized spacial score (nSPS) is 11.9. The Balaban J connectivity index is 1.48. The highest BCUT2D eigenvalue weighted by Gasteiger charge is 2.30. The van der Waals surface area contributed by atoms with Gasteiger partial charge in [0.2, 0.25) is 0 Å². The Morgan fingerprint density at radius 2 is 1.51 bits per heavy atom. The molecule has 0 saturated carbocycles. The van der Waals surface area contributed by atoms with Gasteiger partial charge in [-0.1, -0.05) is 18.2 Å². The van der Waals surface area contributed by atoms with E-state index in [1.54, 1.807) is 36.4 Å². The van der Waals surface area contributed by atoms with Gasteiger partial charge in [-0.3, -0.25) is 14.9 Å². The summed E-state index contributed by atoms with van der Waals surface area (Å²) in [6, 6.07) is 17.7. The fourth-order valence-corrected chi connectivity index (χ4v) is 4.13. The summed E-state index contributed by atoms with van der Waals surface area (Å²) in [5, 5.41) is 13.7. The predicted molar refractivity (Wildman–Crippen MR) is 134 cm³/mol. The lowest BCUT2D eigenvalue weighted by molar-refractivity contribution is -0.138. The molecule has 0 heterocycles. The SMILES string of the molecule is Cc1ccccc1C(=O)Nc1ccc(SC(CCOC(=O)Nc2ccc(C(F)(F)F)cc2)C(=O)O)cc1. The summed E-state index contributed by atoms with van der Waals surface area (Å²) in [4.78, 5) is 36.6.